The normalized spacial score (nSPS) is 10.8. The first kappa shape index (κ1) is 14.9. The van der Waals surface area contributed by atoms with E-state index < -0.39 is 0 Å². The van der Waals surface area contributed by atoms with Crippen molar-refractivity contribution < 1.29 is 0 Å². The third kappa shape index (κ3) is 4.50. The molecule has 0 bridgehead atoms. The molecule has 1 aromatic carbocycles. The number of hydrazone groups is 1. The van der Waals surface area contributed by atoms with Crippen LogP contribution in [-0.4, -0.2) is 22.4 Å². The van der Waals surface area contributed by atoms with Gasteiger partial charge < -0.3 is 5.32 Å². The molecule has 0 saturated heterocycles. The Bertz CT molecular complexity index is 582. The lowest BCUT2D eigenvalue weighted by molar-refractivity contribution is 0.936. The predicted molar refractivity (Wildman–Crippen MR) is 90.3 cm³/mol. The Labute approximate surface area is 129 Å². The number of hydrogen-bond donors (Lipinski definition) is 2. The highest BCUT2D eigenvalue weighted by atomic mass is 32.1. The Morgan fingerprint density at radius 3 is 2.62 bits per heavy atom. The highest BCUT2D eigenvalue weighted by molar-refractivity contribution is 7.80. The lowest BCUT2D eigenvalue weighted by Gasteiger charge is -2.08. The zero-order valence-electron chi connectivity index (χ0n) is 11.5. The molecule has 0 fully saturated rings. The molecule has 0 aliphatic carbocycles. The summed E-state index contributed by atoms with van der Waals surface area (Å²) >= 11 is 5.14. The Balaban J connectivity index is 2.25. The van der Waals surface area contributed by atoms with Crippen molar-refractivity contribution in [2.75, 3.05) is 6.54 Å². The summed E-state index contributed by atoms with van der Waals surface area (Å²) in [4.78, 5) is 4.34. The molecule has 0 unspecified atom stereocenters. The largest absolute Gasteiger partial charge is 0.358 e. The van der Waals surface area contributed by atoms with Gasteiger partial charge in [0.2, 0.25) is 0 Å². The fraction of sp³-hybridized carbons (Fsp3) is 0.0625. The zero-order chi connectivity index (χ0) is 14.9. The fourth-order valence-electron chi connectivity index (χ4n) is 1.68. The molecule has 0 amide bonds. The van der Waals surface area contributed by atoms with Crippen LogP contribution in [0.2, 0.25) is 0 Å². The van der Waals surface area contributed by atoms with Gasteiger partial charge in [0, 0.05) is 18.3 Å². The monoisotopic (exact) mass is 296 g/mol. The Kier molecular flexibility index (Phi) is 5.60. The van der Waals surface area contributed by atoms with Gasteiger partial charge >= 0.3 is 0 Å². The molecule has 21 heavy (non-hydrogen) atoms. The predicted octanol–water partition coefficient (Wildman–Crippen LogP) is 2.48. The lowest BCUT2D eigenvalue weighted by Crippen LogP contribution is -2.32. The first-order valence-electron chi connectivity index (χ1n) is 6.50. The molecule has 106 valence electrons. The van der Waals surface area contributed by atoms with E-state index in [4.69, 9.17) is 12.2 Å². The van der Waals surface area contributed by atoms with E-state index >= 15 is 0 Å². The number of rotatable bonds is 5. The SMILES string of the molecule is C=CCNC(=S)N/N=C(/c1ccccc1)c1ccccn1. The van der Waals surface area contributed by atoms with Crippen molar-refractivity contribution in [2.24, 2.45) is 5.10 Å². The number of benzene rings is 1. The molecular formula is C16H16N4S. The molecule has 2 N–H and O–H groups in total. The molecular weight excluding hydrogens is 280 g/mol. The van der Waals surface area contributed by atoms with Crippen molar-refractivity contribution in [3.05, 3.63) is 78.6 Å². The second-order valence-electron chi connectivity index (χ2n) is 4.15. The van der Waals surface area contributed by atoms with E-state index in [9.17, 15) is 0 Å². The molecule has 1 aromatic heterocycles. The standard InChI is InChI=1S/C16H16N4S/c1-2-11-18-16(21)20-19-15(13-8-4-3-5-9-13)14-10-6-7-12-17-14/h2-10,12H,1,11H2,(H2,18,20,21)/b19-15-. The van der Waals surface area contributed by atoms with Gasteiger partial charge in [-0.05, 0) is 24.4 Å². The van der Waals surface area contributed by atoms with Gasteiger partial charge in [0.15, 0.2) is 5.11 Å². The quantitative estimate of drug-likeness (QED) is 0.385. The van der Waals surface area contributed by atoms with Gasteiger partial charge in [-0.15, -0.1) is 6.58 Å². The van der Waals surface area contributed by atoms with Crippen molar-refractivity contribution in [3.63, 3.8) is 0 Å². The summed E-state index contributed by atoms with van der Waals surface area (Å²) < 4.78 is 0. The maximum Gasteiger partial charge on any atom is 0.187 e. The maximum atomic E-state index is 5.14. The molecule has 0 radical (unpaired) electrons. The maximum absolute atomic E-state index is 5.14. The van der Waals surface area contributed by atoms with Crippen LogP contribution in [0.15, 0.2) is 72.5 Å². The molecule has 0 aliphatic heterocycles. The minimum absolute atomic E-state index is 0.444. The van der Waals surface area contributed by atoms with E-state index in [0.717, 1.165) is 17.0 Å². The molecule has 4 nitrogen and oxygen atoms in total. The minimum Gasteiger partial charge on any atom is -0.358 e. The number of aromatic nitrogens is 1. The number of nitrogens with one attached hydrogen (secondary N) is 2. The Hall–Kier alpha value is -2.53. The van der Waals surface area contributed by atoms with E-state index in [2.05, 4.69) is 27.4 Å². The summed E-state index contributed by atoms with van der Waals surface area (Å²) in [5.41, 5.74) is 5.32. The Morgan fingerprint density at radius 2 is 1.95 bits per heavy atom. The number of hydrogen-bond acceptors (Lipinski definition) is 3. The third-order valence-corrected chi connectivity index (χ3v) is 2.87. The highest BCUT2D eigenvalue weighted by Gasteiger charge is 2.08. The number of thiocarbonyl (C=S) groups is 1. The van der Waals surface area contributed by atoms with Crippen LogP contribution in [0.3, 0.4) is 0 Å². The summed E-state index contributed by atoms with van der Waals surface area (Å²) in [5, 5.41) is 7.79. The van der Waals surface area contributed by atoms with Crippen LogP contribution < -0.4 is 10.7 Å². The van der Waals surface area contributed by atoms with Crippen molar-refractivity contribution in [3.8, 4) is 0 Å². The second kappa shape index (κ2) is 7.91. The van der Waals surface area contributed by atoms with Gasteiger partial charge in [0.25, 0.3) is 0 Å². The summed E-state index contributed by atoms with van der Waals surface area (Å²) in [7, 11) is 0. The second-order valence-corrected chi connectivity index (χ2v) is 4.56. The topological polar surface area (TPSA) is 49.3 Å². The van der Waals surface area contributed by atoms with E-state index in [1.807, 2.05) is 48.5 Å². The van der Waals surface area contributed by atoms with E-state index in [1.54, 1.807) is 12.3 Å². The van der Waals surface area contributed by atoms with Crippen LogP contribution >= 0.6 is 12.2 Å². The van der Waals surface area contributed by atoms with Crippen LogP contribution in [-0.2, 0) is 0 Å². The van der Waals surface area contributed by atoms with Crippen molar-refractivity contribution in [1.82, 2.24) is 15.7 Å². The molecule has 1 heterocycles. The van der Waals surface area contributed by atoms with Crippen LogP contribution in [0, 0.1) is 0 Å². The summed E-state index contributed by atoms with van der Waals surface area (Å²) in [6, 6.07) is 15.6. The lowest BCUT2D eigenvalue weighted by atomic mass is 10.1. The van der Waals surface area contributed by atoms with Crippen LogP contribution in [0.1, 0.15) is 11.3 Å². The molecule has 2 rings (SSSR count). The third-order valence-electron chi connectivity index (χ3n) is 2.63. The zero-order valence-corrected chi connectivity index (χ0v) is 12.3. The van der Waals surface area contributed by atoms with Gasteiger partial charge in [-0.25, -0.2) is 0 Å². The number of nitrogens with zero attached hydrogens (tertiary/aromatic N) is 2. The molecule has 0 aliphatic rings. The first-order chi connectivity index (χ1) is 10.3. The van der Waals surface area contributed by atoms with Gasteiger partial charge in [0.1, 0.15) is 5.71 Å². The van der Waals surface area contributed by atoms with Crippen molar-refractivity contribution >= 4 is 23.0 Å². The van der Waals surface area contributed by atoms with E-state index in [-0.39, 0.29) is 0 Å². The average Bonchev–Trinajstić information content (AvgIpc) is 2.55. The van der Waals surface area contributed by atoms with Crippen LogP contribution in [0.25, 0.3) is 0 Å². The fourth-order valence-corrected chi connectivity index (χ4v) is 1.81. The highest BCUT2D eigenvalue weighted by Crippen LogP contribution is 2.08. The Morgan fingerprint density at radius 1 is 1.19 bits per heavy atom. The van der Waals surface area contributed by atoms with E-state index in [0.29, 0.717) is 11.7 Å². The van der Waals surface area contributed by atoms with Gasteiger partial charge in [-0.3, -0.25) is 10.4 Å². The molecule has 0 spiro atoms. The summed E-state index contributed by atoms with van der Waals surface area (Å²) in [5.74, 6) is 0. The minimum atomic E-state index is 0.444. The van der Waals surface area contributed by atoms with E-state index in [1.165, 1.54) is 0 Å². The first-order valence-corrected chi connectivity index (χ1v) is 6.91. The number of pyridine rings is 1. The van der Waals surface area contributed by atoms with Crippen LogP contribution in [0.5, 0.6) is 0 Å². The van der Waals surface area contributed by atoms with Crippen molar-refractivity contribution in [1.29, 1.82) is 0 Å². The molecule has 0 atom stereocenters. The summed E-state index contributed by atoms with van der Waals surface area (Å²) in [6.45, 7) is 4.22. The molecule has 0 saturated carbocycles. The molecule has 5 heteroatoms. The van der Waals surface area contributed by atoms with Gasteiger partial charge in [-0.1, -0.05) is 42.5 Å². The molecule has 2 aromatic rings. The van der Waals surface area contributed by atoms with Gasteiger partial charge in [0.05, 0.1) is 5.69 Å². The van der Waals surface area contributed by atoms with Crippen molar-refractivity contribution in [2.45, 2.75) is 0 Å². The smallest absolute Gasteiger partial charge is 0.187 e. The average molecular weight is 296 g/mol. The van der Waals surface area contributed by atoms with Crippen LogP contribution in [0.4, 0.5) is 0 Å². The summed E-state index contributed by atoms with van der Waals surface area (Å²) in [6.07, 6.45) is 3.47. The van der Waals surface area contributed by atoms with Gasteiger partial charge in [-0.2, -0.15) is 5.10 Å².